The number of ether oxygens (including phenoxy) is 2. The molecule has 0 bridgehead atoms. The molecule has 1 aliphatic heterocycles. The van der Waals surface area contributed by atoms with E-state index in [9.17, 15) is 18.8 Å². The number of amides is 3. The van der Waals surface area contributed by atoms with Gasteiger partial charge in [-0.2, -0.15) is 0 Å². The van der Waals surface area contributed by atoms with Crippen LogP contribution in [0.3, 0.4) is 0 Å². The van der Waals surface area contributed by atoms with E-state index in [0.29, 0.717) is 17.0 Å². The van der Waals surface area contributed by atoms with Crippen molar-refractivity contribution in [1.82, 2.24) is 4.90 Å². The summed E-state index contributed by atoms with van der Waals surface area (Å²) in [7, 11) is 1.44. The molecule has 0 atom stereocenters. The Labute approximate surface area is 182 Å². The van der Waals surface area contributed by atoms with Crippen molar-refractivity contribution in [2.75, 3.05) is 25.6 Å². The number of imide groups is 1. The molecule has 0 aromatic heterocycles. The summed E-state index contributed by atoms with van der Waals surface area (Å²) < 4.78 is 23.9. The van der Waals surface area contributed by atoms with Gasteiger partial charge in [0, 0.05) is 11.3 Å². The number of terminal acetylenes is 1. The van der Waals surface area contributed by atoms with Gasteiger partial charge < -0.3 is 14.8 Å². The molecule has 2 aromatic carbocycles. The van der Waals surface area contributed by atoms with E-state index in [-0.39, 0.29) is 23.8 Å². The lowest BCUT2D eigenvalue weighted by Gasteiger charge is -2.14. The molecule has 9 heteroatoms. The van der Waals surface area contributed by atoms with Crippen molar-refractivity contribution in [2.45, 2.75) is 0 Å². The van der Waals surface area contributed by atoms with E-state index in [0.717, 1.165) is 16.7 Å². The van der Waals surface area contributed by atoms with Crippen molar-refractivity contribution in [2.24, 2.45) is 0 Å². The first kappa shape index (κ1) is 21.9. The highest BCUT2D eigenvalue weighted by molar-refractivity contribution is 8.18. The van der Waals surface area contributed by atoms with E-state index in [1.807, 2.05) is 0 Å². The number of para-hydroxylation sites is 1. The van der Waals surface area contributed by atoms with Crippen LogP contribution in [0.15, 0.2) is 47.4 Å². The van der Waals surface area contributed by atoms with Crippen LogP contribution in [0.25, 0.3) is 6.08 Å². The minimum atomic E-state index is -0.504. The molecule has 2 aromatic rings. The summed E-state index contributed by atoms with van der Waals surface area (Å²) >= 11 is 0.763. The molecule has 1 N–H and O–H groups in total. The summed E-state index contributed by atoms with van der Waals surface area (Å²) in [6.07, 6.45) is 6.69. The highest BCUT2D eigenvalue weighted by Crippen LogP contribution is 2.37. The molecule has 0 aliphatic carbocycles. The molecule has 0 radical (unpaired) electrons. The first-order valence-corrected chi connectivity index (χ1v) is 9.78. The fourth-order valence-corrected chi connectivity index (χ4v) is 3.53. The van der Waals surface area contributed by atoms with Gasteiger partial charge >= 0.3 is 0 Å². The van der Waals surface area contributed by atoms with Crippen LogP contribution < -0.4 is 14.8 Å². The van der Waals surface area contributed by atoms with Crippen molar-refractivity contribution >= 4 is 40.6 Å². The summed E-state index contributed by atoms with van der Waals surface area (Å²) in [4.78, 5) is 37.8. The minimum Gasteiger partial charge on any atom is -0.493 e. The van der Waals surface area contributed by atoms with Gasteiger partial charge in [0.25, 0.3) is 17.1 Å². The molecule has 1 saturated heterocycles. The second kappa shape index (κ2) is 9.82. The topological polar surface area (TPSA) is 84.9 Å². The summed E-state index contributed by atoms with van der Waals surface area (Å²) in [5, 5.41) is 2.13. The van der Waals surface area contributed by atoms with Crippen LogP contribution >= 0.6 is 11.8 Å². The zero-order valence-electron chi connectivity index (χ0n) is 16.4. The van der Waals surface area contributed by atoms with Crippen molar-refractivity contribution in [3.05, 3.63) is 58.8 Å². The predicted octanol–water partition coefficient (Wildman–Crippen LogP) is 3.52. The van der Waals surface area contributed by atoms with Crippen LogP contribution in [-0.2, 0) is 9.59 Å². The van der Waals surface area contributed by atoms with Gasteiger partial charge in [-0.05, 0) is 48.2 Å². The number of anilines is 1. The maximum Gasteiger partial charge on any atom is 0.294 e. The van der Waals surface area contributed by atoms with Gasteiger partial charge in [-0.1, -0.05) is 18.1 Å². The lowest BCUT2D eigenvalue weighted by atomic mass is 10.1. The van der Waals surface area contributed by atoms with Crippen molar-refractivity contribution in [3.63, 3.8) is 0 Å². The van der Waals surface area contributed by atoms with E-state index in [4.69, 9.17) is 15.9 Å². The Bertz CT molecular complexity index is 1090. The van der Waals surface area contributed by atoms with Crippen LogP contribution in [0.5, 0.6) is 11.5 Å². The number of hydrogen-bond donors (Lipinski definition) is 1. The van der Waals surface area contributed by atoms with Gasteiger partial charge in [0.1, 0.15) is 5.82 Å². The Morgan fingerprint density at radius 1 is 1.26 bits per heavy atom. The fourth-order valence-electron chi connectivity index (χ4n) is 2.70. The van der Waals surface area contributed by atoms with E-state index in [2.05, 4.69) is 11.2 Å². The minimum absolute atomic E-state index is 0.118. The average Bonchev–Trinajstić information content (AvgIpc) is 3.02. The summed E-state index contributed by atoms with van der Waals surface area (Å²) in [5.41, 5.74) is 0.859. The van der Waals surface area contributed by atoms with Gasteiger partial charge in [0.15, 0.2) is 18.1 Å². The first-order valence-electron chi connectivity index (χ1n) is 8.97. The highest BCUT2D eigenvalue weighted by atomic mass is 32.2. The number of carbonyl (C=O) groups excluding carboxylic acids is 3. The third-order valence-electron chi connectivity index (χ3n) is 4.11. The standard InChI is InChI=1S/C22H17FN2O5S/c1-3-11-25-21(27)18(31-22(25)28)12-14-5-4-6-17(29-2)20(14)30-13-19(26)24-16-9-7-15(23)8-10-16/h1,4-10,12H,11,13H2,2H3,(H,24,26)/b18-12+. The predicted molar refractivity (Wildman–Crippen MR) is 115 cm³/mol. The van der Waals surface area contributed by atoms with Gasteiger partial charge in [-0.25, -0.2) is 4.39 Å². The molecule has 1 fully saturated rings. The third-order valence-corrected chi connectivity index (χ3v) is 5.02. The average molecular weight is 440 g/mol. The maximum absolute atomic E-state index is 13.0. The van der Waals surface area contributed by atoms with Crippen LogP contribution in [0.4, 0.5) is 14.9 Å². The normalized spacial score (nSPS) is 14.5. The zero-order valence-corrected chi connectivity index (χ0v) is 17.2. The number of carbonyl (C=O) groups is 3. The van der Waals surface area contributed by atoms with Crippen LogP contribution in [0, 0.1) is 18.2 Å². The Morgan fingerprint density at radius 3 is 2.68 bits per heavy atom. The molecular formula is C22H17FN2O5S. The Kier molecular flexibility index (Phi) is 6.95. The van der Waals surface area contributed by atoms with Gasteiger partial charge in [0.2, 0.25) is 0 Å². The van der Waals surface area contributed by atoms with Crippen LogP contribution in [-0.4, -0.2) is 42.2 Å². The quantitative estimate of drug-likeness (QED) is 0.524. The number of benzene rings is 2. The lowest BCUT2D eigenvalue weighted by molar-refractivity contribution is -0.122. The Hall–Kier alpha value is -3.77. The van der Waals surface area contributed by atoms with Crippen LogP contribution in [0.2, 0.25) is 0 Å². The Balaban J connectivity index is 1.79. The molecular weight excluding hydrogens is 423 g/mol. The molecule has 1 aliphatic rings. The molecule has 31 heavy (non-hydrogen) atoms. The summed E-state index contributed by atoms with van der Waals surface area (Å²) in [6.45, 7) is -0.482. The number of halogens is 1. The van der Waals surface area contributed by atoms with E-state index in [1.54, 1.807) is 18.2 Å². The van der Waals surface area contributed by atoms with Crippen molar-refractivity contribution < 1.29 is 28.2 Å². The maximum atomic E-state index is 13.0. The largest absolute Gasteiger partial charge is 0.493 e. The second-order valence-corrected chi connectivity index (χ2v) is 7.19. The number of nitrogens with one attached hydrogen (secondary N) is 1. The summed E-state index contributed by atoms with van der Waals surface area (Å²) in [6, 6.07) is 10.3. The Morgan fingerprint density at radius 2 is 2.00 bits per heavy atom. The molecule has 0 unspecified atom stereocenters. The van der Waals surface area contributed by atoms with E-state index in [1.165, 1.54) is 37.5 Å². The molecule has 3 rings (SSSR count). The molecule has 3 amide bonds. The fraction of sp³-hybridized carbons (Fsp3) is 0.136. The van der Waals surface area contributed by atoms with Gasteiger partial charge in [0.05, 0.1) is 18.6 Å². The van der Waals surface area contributed by atoms with Crippen molar-refractivity contribution in [3.8, 4) is 23.8 Å². The molecule has 7 nitrogen and oxygen atoms in total. The van der Waals surface area contributed by atoms with Gasteiger partial charge in [-0.15, -0.1) is 6.42 Å². The van der Waals surface area contributed by atoms with E-state index < -0.39 is 22.9 Å². The number of rotatable bonds is 7. The highest BCUT2D eigenvalue weighted by Gasteiger charge is 2.34. The molecule has 1 heterocycles. The zero-order chi connectivity index (χ0) is 22.4. The monoisotopic (exact) mass is 440 g/mol. The lowest BCUT2D eigenvalue weighted by Crippen LogP contribution is -2.28. The number of hydrogen-bond acceptors (Lipinski definition) is 6. The SMILES string of the molecule is C#CCN1C(=O)S/C(=C/c2cccc(OC)c2OCC(=O)Nc2ccc(F)cc2)C1=O. The van der Waals surface area contributed by atoms with Gasteiger partial charge in [-0.3, -0.25) is 19.3 Å². The van der Waals surface area contributed by atoms with E-state index >= 15 is 0 Å². The number of nitrogens with zero attached hydrogens (tertiary/aromatic N) is 1. The van der Waals surface area contributed by atoms with Crippen molar-refractivity contribution in [1.29, 1.82) is 0 Å². The molecule has 0 spiro atoms. The molecule has 0 saturated carbocycles. The third kappa shape index (κ3) is 5.24. The summed E-state index contributed by atoms with van der Waals surface area (Å²) in [5.74, 6) is 1.44. The van der Waals surface area contributed by atoms with Crippen LogP contribution in [0.1, 0.15) is 5.56 Å². The first-order chi connectivity index (χ1) is 14.9. The smallest absolute Gasteiger partial charge is 0.294 e. The second-order valence-electron chi connectivity index (χ2n) is 6.19. The number of thioether (sulfide) groups is 1. The number of methoxy groups -OCH3 is 1. The molecule has 158 valence electrons.